The van der Waals surface area contributed by atoms with E-state index in [1.165, 1.54) is 11.1 Å². The summed E-state index contributed by atoms with van der Waals surface area (Å²) >= 11 is 0. The van der Waals surface area contributed by atoms with Crippen LogP contribution in [-0.4, -0.2) is 13.7 Å². The summed E-state index contributed by atoms with van der Waals surface area (Å²) < 4.78 is 5.03. The molecule has 0 aliphatic heterocycles. The van der Waals surface area contributed by atoms with Crippen molar-refractivity contribution in [2.75, 3.05) is 13.7 Å². The number of hydrogen-bond acceptors (Lipinski definition) is 2. The minimum Gasteiger partial charge on any atom is -0.383 e. The van der Waals surface area contributed by atoms with Gasteiger partial charge in [-0.3, -0.25) is 0 Å². The van der Waals surface area contributed by atoms with Gasteiger partial charge in [0.15, 0.2) is 0 Å². The van der Waals surface area contributed by atoms with E-state index in [0.717, 1.165) is 6.42 Å². The normalized spacial score (nSPS) is 12.8. The van der Waals surface area contributed by atoms with Gasteiger partial charge in [-0.2, -0.15) is 0 Å². The van der Waals surface area contributed by atoms with Gasteiger partial charge in [0.25, 0.3) is 0 Å². The summed E-state index contributed by atoms with van der Waals surface area (Å²) in [5.74, 6) is 0. The van der Waals surface area contributed by atoms with Crippen LogP contribution in [0.3, 0.4) is 0 Å². The van der Waals surface area contributed by atoms with Crippen LogP contribution in [0.25, 0.3) is 0 Å². The van der Waals surface area contributed by atoms with Crippen molar-refractivity contribution < 1.29 is 4.74 Å². The second-order valence-electron chi connectivity index (χ2n) is 3.11. The zero-order valence-electron chi connectivity index (χ0n) is 8.29. The van der Waals surface area contributed by atoms with Gasteiger partial charge in [-0.1, -0.05) is 31.2 Å². The first-order chi connectivity index (χ1) is 6.29. The molecule has 2 heteroatoms. The highest BCUT2D eigenvalue weighted by Gasteiger charge is 2.08. The van der Waals surface area contributed by atoms with Crippen LogP contribution in [0.4, 0.5) is 0 Å². The lowest BCUT2D eigenvalue weighted by Gasteiger charge is -2.14. The molecule has 0 aliphatic carbocycles. The first kappa shape index (κ1) is 10.2. The van der Waals surface area contributed by atoms with Crippen LogP contribution in [0, 0.1) is 0 Å². The lowest BCUT2D eigenvalue weighted by Crippen LogP contribution is -2.17. The predicted octanol–water partition coefficient (Wildman–Crippen LogP) is 1.90. The summed E-state index contributed by atoms with van der Waals surface area (Å²) in [5, 5.41) is 0. The minimum atomic E-state index is 0.00106. The van der Waals surface area contributed by atoms with Crippen LogP contribution in [0.2, 0.25) is 0 Å². The van der Waals surface area contributed by atoms with Crippen LogP contribution in [0.15, 0.2) is 24.3 Å². The summed E-state index contributed by atoms with van der Waals surface area (Å²) in [7, 11) is 1.68. The van der Waals surface area contributed by atoms with E-state index in [-0.39, 0.29) is 6.04 Å². The first-order valence-corrected chi connectivity index (χ1v) is 4.62. The number of methoxy groups -OCH3 is 1. The number of aryl methyl sites for hydroxylation is 1. The van der Waals surface area contributed by atoms with Gasteiger partial charge in [0.1, 0.15) is 0 Å². The molecular weight excluding hydrogens is 162 g/mol. The van der Waals surface area contributed by atoms with Crippen LogP contribution >= 0.6 is 0 Å². The number of nitrogens with two attached hydrogens (primary N) is 1. The molecule has 1 aromatic rings. The average Bonchev–Trinajstić information content (AvgIpc) is 2.18. The monoisotopic (exact) mass is 179 g/mol. The zero-order chi connectivity index (χ0) is 9.68. The fourth-order valence-corrected chi connectivity index (χ4v) is 1.49. The maximum Gasteiger partial charge on any atom is 0.0655 e. The molecule has 2 nitrogen and oxygen atoms in total. The van der Waals surface area contributed by atoms with E-state index >= 15 is 0 Å². The van der Waals surface area contributed by atoms with Crippen LogP contribution < -0.4 is 5.73 Å². The van der Waals surface area contributed by atoms with Crippen molar-refractivity contribution in [3.63, 3.8) is 0 Å². The maximum absolute atomic E-state index is 5.96. The van der Waals surface area contributed by atoms with Crippen molar-refractivity contribution in [1.82, 2.24) is 0 Å². The van der Waals surface area contributed by atoms with Gasteiger partial charge >= 0.3 is 0 Å². The van der Waals surface area contributed by atoms with Crippen molar-refractivity contribution in [2.45, 2.75) is 19.4 Å². The van der Waals surface area contributed by atoms with Crippen molar-refractivity contribution in [3.05, 3.63) is 35.4 Å². The Morgan fingerprint density at radius 1 is 1.38 bits per heavy atom. The van der Waals surface area contributed by atoms with E-state index in [1.807, 2.05) is 12.1 Å². The molecule has 0 saturated carbocycles. The zero-order valence-corrected chi connectivity index (χ0v) is 8.29. The van der Waals surface area contributed by atoms with Gasteiger partial charge in [-0.05, 0) is 17.5 Å². The molecular formula is C11H17NO. The fourth-order valence-electron chi connectivity index (χ4n) is 1.49. The second kappa shape index (κ2) is 5.00. The molecule has 1 aromatic carbocycles. The van der Waals surface area contributed by atoms with E-state index in [2.05, 4.69) is 19.1 Å². The molecule has 2 N–H and O–H groups in total. The second-order valence-corrected chi connectivity index (χ2v) is 3.11. The third-order valence-electron chi connectivity index (χ3n) is 2.18. The summed E-state index contributed by atoms with van der Waals surface area (Å²) in [6, 6.07) is 8.25. The third-order valence-corrected chi connectivity index (χ3v) is 2.18. The molecule has 1 atom stereocenters. The summed E-state index contributed by atoms with van der Waals surface area (Å²) in [5.41, 5.74) is 8.47. The Morgan fingerprint density at radius 3 is 2.69 bits per heavy atom. The van der Waals surface area contributed by atoms with E-state index < -0.39 is 0 Å². The Morgan fingerprint density at radius 2 is 2.08 bits per heavy atom. The van der Waals surface area contributed by atoms with Crippen molar-refractivity contribution in [2.24, 2.45) is 5.73 Å². The van der Waals surface area contributed by atoms with Crippen molar-refractivity contribution in [3.8, 4) is 0 Å². The first-order valence-electron chi connectivity index (χ1n) is 4.62. The van der Waals surface area contributed by atoms with Gasteiger partial charge in [0.05, 0.1) is 12.6 Å². The largest absolute Gasteiger partial charge is 0.383 e. The Bertz CT molecular complexity index is 260. The summed E-state index contributed by atoms with van der Waals surface area (Å²) in [4.78, 5) is 0. The Kier molecular flexibility index (Phi) is 3.93. The topological polar surface area (TPSA) is 35.2 Å². The Labute approximate surface area is 79.7 Å². The average molecular weight is 179 g/mol. The van der Waals surface area contributed by atoms with E-state index in [0.29, 0.717) is 6.61 Å². The maximum atomic E-state index is 5.96. The molecule has 0 saturated heterocycles. The molecule has 72 valence electrons. The van der Waals surface area contributed by atoms with Gasteiger partial charge in [-0.25, -0.2) is 0 Å². The predicted molar refractivity (Wildman–Crippen MR) is 54.6 cm³/mol. The SMILES string of the molecule is CCc1ccccc1[C@@H](N)COC. The fraction of sp³-hybridized carbons (Fsp3) is 0.455. The number of hydrogen-bond donors (Lipinski definition) is 1. The number of rotatable bonds is 4. The minimum absolute atomic E-state index is 0.00106. The Balaban J connectivity index is 2.85. The van der Waals surface area contributed by atoms with Gasteiger partial charge in [0, 0.05) is 7.11 Å². The van der Waals surface area contributed by atoms with E-state index in [9.17, 15) is 0 Å². The molecule has 0 unspecified atom stereocenters. The Hall–Kier alpha value is -0.860. The molecule has 0 radical (unpaired) electrons. The molecule has 13 heavy (non-hydrogen) atoms. The van der Waals surface area contributed by atoms with Gasteiger partial charge in [-0.15, -0.1) is 0 Å². The quantitative estimate of drug-likeness (QED) is 0.766. The number of benzene rings is 1. The highest BCUT2D eigenvalue weighted by molar-refractivity contribution is 5.29. The van der Waals surface area contributed by atoms with Crippen LogP contribution in [0.5, 0.6) is 0 Å². The highest BCUT2D eigenvalue weighted by atomic mass is 16.5. The molecule has 0 amide bonds. The lowest BCUT2D eigenvalue weighted by molar-refractivity contribution is 0.180. The molecule has 0 aliphatic rings. The molecule has 0 fully saturated rings. The molecule has 0 aromatic heterocycles. The smallest absolute Gasteiger partial charge is 0.0655 e. The molecule has 1 rings (SSSR count). The summed E-state index contributed by atoms with van der Waals surface area (Å²) in [6.45, 7) is 2.72. The van der Waals surface area contributed by atoms with Crippen molar-refractivity contribution in [1.29, 1.82) is 0 Å². The van der Waals surface area contributed by atoms with Gasteiger partial charge < -0.3 is 10.5 Å². The third kappa shape index (κ3) is 2.54. The molecule has 0 heterocycles. The lowest BCUT2D eigenvalue weighted by atomic mass is 10.00. The molecule has 0 bridgehead atoms. The highest BCUT2D eigenvalue weighted by Crippen LogP contribution is 2.16. The standard InChI is InChI=1S/C11H17NO/c1-3-9-6-4-5-7-10(9)11(12)8-13-2/h4-7,11H,3,8,12H2,1-2H3/t11-/m0/s1. The van der Waals surface area contributed by atoms with Gasteiger partial charge in [0.2, 0.25) is 0 Å². The van der Waals surface area contributed by atoms with Crippen LogP contribution in [0.1, 0.15) is 24.1 Å². The van der Waals surface area contributed by atoms with Crippen molar-refractivity contribution >= 4 is 0 Å². The van der Waals surface area contributed by atoms with E-state index in [4.69, 9.17) is 10.5 Å². The number of ether oxygens (including phenoxy) is 1. The molecule has 0 spiro atoms. The summed E-state index contributed by atoms with van der Waals surface area (Å²) in [6.07, 6.45) is 1.02. The van der Waals surface area contributed by atoms with Crippen LogP contribution in [-0.2, 0) is 11.2 Å². The van der Waals surface area contributed by atoms with E-state index in [1.54, 1.807) is 7.11 Å².